The number of benzene rings is 2. The van der Waals surface area contributed by atoms with E-state index >= 15 is 0 Å². The molecule has 1 aromatic heterocycles. The van der Waals surface area contributed by atoms with Crippen LogP contribution in [0.3, 0.4) is 0 Å². The summed E-state index contributed by atoms with van der Waals surface area (Å²) in [7, 11) is 0. The van der Waals surface area contributed by atoms with E-state index < -0.39 is 0 Å². The first-order valence-electron chi connectivity index (χ1n) is 7.81. The van der Waals surface area contributed by atoms with Crippen molar-refractivity contribution in [1.29, 1.82) is 0 Å². The minimum absolute atomic E-state index is 0.0839. The molecule has 1 atom stereocenters. The molecule has 0 saturated carbocycles. The van der Waals surface area contributed by atoms with E-state index in [-0.39, 0.29) is 18.4 Å². The summed E-state index contributed by atoms with van der Waals surface area (Å²) < 4.78 is 11.2. The van der Waals surface area contributed by atoms with Crippen molar-refractivity contribution in [1.82, 2.24) is 10.3 Å². The topological polar surface area (TPSA) is 64.4 Å². The maximum absolute atomic E-state index is 12.4. The van der Waals surface area contributed by atoms with E-state index in [1.807, 2.05) is 54.6 Å². The van der Waals surface area contributed by atoms with E-state index in [0.717, 1.165) is 16.9 Å². The van der Waals surface area contributed by atoms with E-state index in [9.17, 15) is 4.79 Å². The van der Waals surface area contributed by atoms with Gasteiger partial charge in [-0.05, 0) is 6.07 Å². The summed E-state index contributed by atoms with van der Waals surface area (Å²) >= 11 is 0. The fraction of sp³-hybridized carbons (Fsp3) is 0.158. The van der Waals surface area contributed by atoms with Gasteiger partial charge < -0.3 is 14.5 Å². The molecule has 5 heteroatoms. The van der Waals surface area contributed by atoms with Crippen molar-refractivity contribution < 1.29 is 13.9 Å². The molecule has 4 rings (SSSR count). The molecule has 0 saturated heterocycles. The second-order valence-corrected chi connectivity index (χ2v) is 5.60. The Kier molecular flexibility index (Phi) is 3.75. The highest BCUT2D eigenvalue weighted by atomic mass is 16.5. The molecule has 5 nitrogen and oxygen atoms in total. The number of aromatic nitrogens is 1. The summed E-state index contributed by atoms with van der Waals surface area (Å²) in [6.07, 6.45) is 1.67. The van der Waals surface area contributed by atoms with Crippen LogP contribution in [0.5, 0.6) is 5.75 Å². The number of carbonyl (C=O) groups excluding carboxylic acids is 1. The predicted octanol–water partition coefficient (Wildman–Crippen LogP) is 3.13. The van der Waals surface area contributed by atoms with Gasteiger partial charge in [0.05, 0.1) is 12.7 Å². The zero-order valence-electron chi connectivity index (χ0n) is 12.9. The molecule has 2 aromatic carbocycles. The van der Waals surface area contributed by atoms with Gasteiger partial charge in [-0.25, -0.2) is 4.98 Å². The fourth-order valence-corrected chi connectivity index (χ4v) is 2.79. The third-order valence-corrected chi connectivity index (χ3v) is 4.04. The van der Waals surface area contributed by atoms with Crippen molar-refractivity contribution in [3.63, 3.8) is 0 Å². The van der Waals surface area contributed by atoms with Crippen molar-refractivity contribution in [2.75, 3.05) is 6.61 Å². The van der Waals surface area contributed by atoms with Gasteiger partial charge in [0.15, 0.2) is 5.76 Å². The lowest BCUT2D eigenvalue weighted by Gasteiger charge is -2.08. The van der Waals surface area contributed by atoms with Crippen molar-refractivity contribution in [3.8, 4) is 17.1 Å². The number of rotatable bonds is 4. The molecule has 1 unspecified atom stereocenters. The lowest BCUT2D eigenvalue weighted by molar-refractivity contribution is -0.123. The molecule has 1 amide bonds. The molecule has 24 heavy (non-hydrogen) atoms. The van der Waals surface area contributed by atoms with E-state index in [1.165, 1.54) is 0 Å². The number of fused-ring (bicyclic) bond motifs is 1. The second-order valence-electron chi connectivity index (χ2n) is 5.60. The highest BCUT2D eigenvalue weighted by Gasteiger charge is 2.29. The lowest BCUT2D eigenvalue weighted by atomic mass is 10.0. The number of hydrogen-bond acceptors (Lipinski definition) is 4. The van der Waals surface area contributed by atoms with Crippen LogP contribution in [0.15, 0.2) is 65.2 Å². The first-order valence-corrected chi connectivity index (χ1v) is 7.81. The van der Waals surface area contributed by atoms with E-state index in [4.69, 9.17) is 9.15 Å². The molecule has 1 aliphatic rings. The van der Waals surface area contributed by atoms with Crippen molar-refractivity contribution in [2.24, 2.45) is 0 Å². The van der Waals surface area contributed by atoms with Crippen molar-refractivity contribution in [2.45, 2.75) is 12.5 Å². The summed E-state index contributed by atoms with van der Waals surface area (Å²) in [6.45, 7) is 0.621. The van der Waals surface area contributed by atoms with Crippen LogP contribution in [-0.4, -0.2) is 17.5 Å². The molecule has 1 N–H and O–H groups in total. The average molecular weight is 320 g/mol. The largest absolute Gasteiger partial charge is 0.492 e. The Labute approximate surface area is 139 Å². The number of carbonyl (C=O) groups is 1. The SMILES string of the molecule is O=C(NCc1ncc(-c2ccccc2)o1)C1COc2ccccc21. The molecular formula is C19H16N2O3. The van der Waals surface area contributed by atoms with Gasteiger partial charge in [-0.2, -0.15) is 0 Å². The Hall–Kier alpha value is -3.08. The van der Waals surface area contributed by atoms with Crippen LogP contribution in [0.1, 0.15) is 17.4 Å². The highest BCUT2D eigenvalue weighted by molar-refractivity contribution is 5.85. The van der Waals surface area contributed by atoms with E-state index in [2.05, 4.69) is 10.3 Å². The zero-order chi connectivity index (χ0) is 16.4. The number of nitrogens with zero attached hydrogens (tertiary/aromatic N) is 1. The summed E-state index contributed by atoms with van der Waals surface area (Å²) in [4.78, 5) is 16.6. The maximum Gasteiger partial charge on any atom is 0.231 e. The number of nitrogens with one attached hydrogen (secondary N) is 1. The van der Waals surface area contributed by atoms with Crippen molar-refractivity contribution in [3.05, 3.63) is 72.2 Å². The first kappa shape index (κ1) is 14.5. The van der Waals surface area contributed by atoms with Crippen LogP contribution in [-0.2, 0) is 11.3 Å². The smallest absolute Gasteiger partial charge is 0.231 e. The molecular weight excluding hydrogens is 304 g/mol. The monoisotopic (exact) mass is 320 g/mol. The van der Waals surface area contributed by atoms with Gasteiger partial charge in [-0.1, -0.05) is 48.5 Å². The van der Waals surface area contributed by atoms with Gasteiger partial charge in [0, 0.05) is 11.1 Å². The Morgan fingerprint density at radius 3 is 2.79 bits per heavy atom. The number of ether oxygens (including phenoxy) is 1. The highest BCUT2D eigenvalue weighted by Crippen LogP contribution is 2.33. The number of oxazole rings is 1. The normalized spacial score (nSPS) is 15.6. The summed E-state index contributed by atoms with van der Waals surface area (Å²) in [6, 6.07) is 17.3. The Bertz CT molecular complexity index is 858. The minimum Gasteiger partial charge on any atom is -0.492 e. The third kappa shape index (κ3) is 2.76. The lowest BCUT2D eigenvalue weighted by Crippen LogP contribution is -2.29. The van der Waals surface area contributed by atoms with Crippen LogP contribution in [0.2, 0.25) is 0 Å². The van der Waals surface area contributed by atoms with Crippen LogP contribution >= 0.6 is 0 Å². The van der Waals surface area contributed by atoms with Gasteiger partial charge in [-0.15, -0.1) is 0 Å². The number of amides is 1. The van der Waals surface area contributed by atoms with Crippen LogP contribution in [0.4, 0.5) is 0 Å². The van der Waals surface area contributed by atoms with E-state index in [0.29, 0.717) is 18.3 Å². The predicted molar refractivity (Wildman–Crippen MR) is 88.5 cm³/mol. The van der Waals surface area contributed by atoms with Gasteiger partial charge in [0.25, 0.3) is 0 Å². The van der Waals surface area contributed by atoms with Crippen molar-refractivity contribution >= 4 is 5.91 Å². The van der Waals surface area contributed by atoms with E-state index in [1.54, 1.807) is 6.20 Å². The van der Waals surface area contributed by atoms with Crippen LogP contribution < -0.4 is 10.1 Å². The molecule has 0 aliphatic carbocycles. The Morgan fingerprint density at radius 2 is 1.92 bits per heavy atom. The van der Waals surface area contributed by atoms with Gasteiger partial charge in [0.1, 0.15) is 18.3 Å². The second kappa shape index (κ2) is 6.20. The maximum atomic E-state index is 12.4. The first-order chi connectivity index (χ1) is 11.8. The third-order valence-electron chi connectivity index (χ3n) is 4.04. The molecule has 0 spiro atoms. The summed E-state index contributed by atoms with van der Waals surface area (Å²) in [5.41, 5.74) is 1.88. The molecule has 1 aliphatic heterocycles. The summed E-state index contributed by atoms with van der Waals surface area (Å²) in [5, 5.41) is 2.87. The quantitative estimate of drug-likeness (QED) is 0.802. The number of para-hydroxylation sites is 1. The fourth-order valence-electron chi connectivity index (χ4n) is 2.79. The molecule has 0 radical (unpaired) electrons. The van der Waals surface area contributed by atoms with Gasteiger partial charge in [-0.3, -0.25) is 4.79 Å². The Morgan fingerprint density at radius 1 is 1.12 bits per heavy atom. The van der Waals surface area contributed by atoms with Gasteiger partial charge >= 0.3 is 0 Å². The average Bonchev–Trinajstić information content (AvgIpc) is 3.27. The molecule has 3 aromatic rings. The summed E-state index contributed by atoms with van der Waals surface area (Å²) in [5.74, 6) is 1.58. The molecule has 120 valence electrons. The molecule has 0 fully saturated rings. The van der Waals surface area contributed by atoms with Crippen LogP contribution in [0.25, 0.3) is 11.3 Å². The zero-order valence-corrected chi connectivity index (χ0v) is 12.9. The van der Waals surface area contributed by atoms with Crippen LogP contribution in [0, 0.1) is 0 Å². The molecule has 2 heterocycles. The standard InChI is InChI=1S/C19H16N2O3/c22-19(15-12-23-16-9-5-4-8-14(15)16)21-11-18-20-10-17(24-18)13-6-2-1-3-7-13/h1-10,15H,11-12H2,(H,21,22). The minimum atomic E-state index is -0.287. The van der Waals surface area contributed by atoms with Gasteiger partial charge in [0.2, 0.25) is 11.8 Å². The number of hydrogen-bond donors (Lipinski definition) is 1. The Balaban J connectivity index is 1.41. The molecule has 0 bridgehead atoms.